The van der Waals surface area contributed by atoms with Crippen molar-refractivity contribution in [1.29, 1.82) is 0 Å². The van der Waals surface area contributed by atoms with Crippen LogP contribution in [0.5, 0.6) is 0 Å². The van der Waals surface area contributed by atoms with Crippen molar-refractivity contribution in [2.45, 2.75) is 0 Å². The molecule has 0 radical (unpaired) electrons. The van der Waals surface area contributed by atoms with Crippen LogP contribution >= 0.6 is 29.2 Å². The summed E-state index contributed by atoms with van der Waals surface area (Å²) in [5, 5.41) is 0. The lowest BCUT2D eigenvalue weighted by Crippen LogP contribution is -1.93. The highest BCUT2D eigenvalue weighted by Gasteiger charge is 2.29. The molecule has 1 rings (SSSR count). The molecular formula is Cl2F2N3O2PS2. The number of rotatable bonds is 0. The van der Waals surface area contributed by atoms with Gasteiger partial charge in [0, 0.05) is 21.4 Å². The first-order chi connectivity index (χ1) is 5.12. The normalized spacial score (nSPS) is 45.3. The van der Waals surface area contributed by atoms with Crippen LogP contribution in [0.3, 0.4) is 0 Å². The van der Waals surface area contributed by atoms with Crippen LogP contribution in [0.2, 0.25) is 0 Å². The van der Waals surface area contributed by atoms with Crippen molar-refractivity contribution < 1.29 is 16.8 Å². The SMILES string of the molecule is O=S1(Cl)=NP(F)(F)=NS(=O)(Cl)=N1. The maximum atomic E-state index is 12.4. The molecule has 0 spiro atoms. The predicted molar refractivity (Wildman–Crippen MR) is 44.4 cm³/mol. The largest absolute Gasteiger partial charge is 0.437 e. The van der Waals surface area contributed by atoms with Gasteiger partial charge in [0.2, 0.25) is 0 Å². The van der Waals surface area contributed by atoms with Crippen LogP contribution in [0.25, 0.3) is 0 Å². The van der Waals surface area contributed by atoms with E-state index < -0.39 is 26.1 Å². The van der Waals surface area contributed by atoms with E-state index in [1.54, 1.807) is 0 Å². The van der Waals surface area contributed by atoms with Gasteiger partial charge in [0.1, 0.15) is 0 Å². The third-order valence-electron chi connectivity index (χ3n) is 0.582. The fraction of sp³-hybridized carbons (Fsp3) is 0. The van der Waals surface area contributed by atoms with Gasteiger partial charge in [-0.25, -0.2) is 8.42 Å². The minimum atomic E-state index is -5.24. The standard InChI is InChI=1S/Cl2F2N3O2PS2/c1-11(8)5-10(3,4)6-12(2,9)7-11. The molecule has 0 amide bonds. The van der Waals surface area contributed by atoms with Crippen molar-refractivity contribution in [2.24, 2.45) is 12.1 Å². The fourth-order valence-electron chi connectivity index (χ4n) is 0.400. The molecule has 0 N–H and O–H groups in total. The average molecular weight is 278 g/mol. The minimum absolute atomic E-state index is 2.32. The van der Waals surface area contributed by atoms with Crippen molar-refractivity contribution >= 4 is 47.4 Å². The van der Waals surface area contributed by atoms with Gasteiger partial charge < -0.3 is 0 Å². The first-order valence-electron chi connectivity index (χ1n) is 2.11. The molecule has 0 saturated heterocycles. The molecule has 72 valence electrons. The third kappa shape index (κ3) is 2.81. The summed E-state index contributed by atoms with van der Waals surface area (Å²) in [6.07, 6.45) is 0. The Balaban J connectivity index is 3.70. The Morgan fingerprint density at radius 2 is 1.67 bits per heavy atom. The molecule has 0 aromatic heterocycles. The van der Waals surface area contributed by atoms with E-state index in [1.165, 1.54) is 0 Å². The maximum absolute atomic E-state index is 12.4. The molecule has 0 aliphatic carbocycles. The highest BCUT2D eigenvalue weighted by Crippen LogP contribution is 2.59. The Bertz CT molecular complexity index is 474. The summed E-state index contributed by atoms with van der Waals surface area (Å²) in [6, 6.07) is 0. The van der Waals surface area contributed by atoms with E-state index in [0.717, 1.165) is 0 Å². The number of halogens is 4. The van der Waals surface area contributed by atoms with Gasteiger partial charge in [-0.15, -0.1) is 16.7 Å². The highest BCUT2D eigenvalue weighted by atomic mass is 35.7. The van der Waals surface area contributed by atoms with Crippen LogP contribution in [0, 0.1) is 0 Å². The summed E-state index contributed by atoms with van der Waals surface area (Å²) < 4.78 is 53.4. The second-order valence-corrected chi connectivity index (χ2v) is 8.51. The molecule has 1 aliphatic heterocycles. The summed E-state index contributed by atoms with van der Waals surface area (Å²) >= 11 is 0. The van der Waals surface area contributed by atoms with Crippen LogP contribution in [0.4, 0.5) is 8.39 Å². The second kappa shape index (κ2) is 2.78. The van der Waals surface area contributed by atoms with E-state index in [2.05, 4.69) is 12.1 Å². The molecule has 1 aliphatic rings. The Morgan fingerprint density at radius 3 is 2.00 bits per heavy atom. The quantitative estimate of drug-likeness (QED) is 0.504. The lowest BCUT2D eigenvalue weighted by molar-refractivity contribution is 0.676. The molecule has 0 bridgehead atoms. The Hall–Kier alpha value is 0.570. The Kier molecular flexibility index (Phi) is 2.47. The van der Waals surface area contributed by atoms with E-state index in [0.29, 0.717) is 0 Å². The molecule has 12 heavy (non-hydrogen) atoms. The van der Waals surface area contributed by atoms with E-state index in [4.69, 9.17) is 21.4 Å². The van der Waals surface area contributed by atoms with Gasteiger partial charge >= 0.3 is 7.83 Å². The smallest absolute Gasteiger partial charge is 0.208 e. The zero-order chi connectivity index (χ0) is 9.62. The highest BCUT2D eigenvalue weighted by molar-refractivity contribution is 8.27. The van der Waals surface area contributed by atoms with Gasteiger partial charge in [0.05, 0.1) is 0 Å². The van der Waals surface area contributed by atoms with Crippen LogP contribution in [-0.2, 0) is 18.3 Å². The van der Waals surface area contributed by atoms with Crippen LogP contribution < -0.4 is 0 Å². The van der Waals surface area contributed by atoms with Crippen molar-refractivity contribution in [1.82, 2.24) is 0 Å². The van der Waals surface area contributed by atoms with Crippen molar-refractivity contribution in [3.05, 3.63) is 0 Å². The summed E-state index contributed by atoms with van der Waals surface area (Å²) in [5.41, 5.74) is 0. The average Bonchev–Trinajstić information content (AvgIpc) is 1.44. The topological polar surface area (TPSA) is 71.2 Å². The lowest BCUT2D eigenvalue weighted by Gasteiger charge is -2.04. The van der Waals surface area contributed by atoms with E-state index in [1.807, 2.05) is 0 Å². The van der Waals surface area contributed by atoms with Gasteiger partial charge in [-0.2, -0.15) is 0 Å². The molecule has 2 atom stereocenters. The van der Waals surface area contributed by atoms with Crippen LogP contribution in [0.1, 0.15) is 0 Å². The number of hydrogen-bond acceptors (Lipinski definition) is 3. The van der Waals surface area contributed by atoms with Gasteiger partial charge in [-0.05, 0) is 0 Å². The monoisotopic (exact) mass is 277 g/mol. The first kappa shape index (κ1) is 10.6. The second-order valence-electron chi connectivity index (χ2n) is 1.56. The summed E-state index contributed by atoms with van der Waals surface area (Å²) in [7, 11) is -3.57. The molecule has 1 heterocycles. The van der Waals surface area contributed by atoms with Crippen molar-refractivity contribution in [3.63, 3.8) is 0 Å². The van der Waals surface area contributed by atoms with Crippen molar-refractivity contribution in [3.8, 4) is 0 Å². The minimum Gasteiger partial charge on any atom is -0.208 e. The molecule has 5 nitrogen and oxygen atoms in total. The van der Waals surface area contributed by atoms with Crippen LogP contribution in [-0.4, -0.2) is 8.42 Å². The summed E-state index contributed by atoms with van der Waals surface area (Å²) in [5.74, 6) is 0. The lowest BCUT2D eigenvalue weighted by atomic mass is 13.8. The molecule has 0 aromatic rings. The molecule has 0 aromatic carbocycles. The molecule has 0 saturated carbocycles. The zero-order valence-corrected chi connectivity index (χ0v) is 8.97. The Labute approximate surface area is 76.4 Å². The van der Waals surface area contributed by atoms with E-state index >= 15 is 0 Å². The summed E-state index contributed by atoms with van der Waals surface area (Å²) in [4.78, 5) is 0. The Morgan fingerprint density at radius 1 is 1.17 bits per heavy atom. The number of hydrogen-bond donors (Lipinski definition) is 0. The molecule has 2 unspecified atom stereocenters. The van der Waals surface area contributed by atoms with E-state index in [9.17, 15) is 16.8 Å². The van der Waals surface area contributed by atoms with Gasteiger partial charge in [-0.3, -0.25) is 0 Å². The molecular weight excluding hydrogens is 278 g/mol. The molecule has 0 fully saturated rings. The van der Waals surface area contributed by atoms with Gasteiger partial charge in [-0.1, -0.05) is 3.77 Å². The first-order valence-corrected chi connectivity index (χ1v) is 8.18. The fourth-order valence-corrected chi connectivity index (χ4v) is 7.38. The third-order valence-corrected chi connectivity index (χ3v) is 7.36. The van der Waals surface area contributed by atoms with E-state index in [-0.39, 0.29) is 0 Å². The number of nitrogens with zero attached hydrogens (tertiary/aromatic N) is 3. The zero-order valence-electron chi connectivity index (χ0n) is 4.93. The van der Waals surface area contributed by atoms with Crippen LogP contribution in [0.15, 0.2) is 12.1 Å². The predicted octanol–water partition coefficient (Wildman–Crippen LogP) is 2.96. The maximum Gasteiger partial charge on any atom is 0.437 e. The van der Waals surface area contributed by atoms with Crippen molar-refractivity contribution in [2.75, 3.05) is 0 Å². The summed E-state index contributed by atoms with van der Waals surface area (Å²) in [6.45, 7) is 0. The molecule has 12 heteroatoms. The van der Waals surface area contributed by atoms with Gasteiger partial charge in [0.25, 0.3) is 18.3 Å². The van der Waals surface area contributed by atoms with Gasteiger partial charge in [0.15, 0.2) is 0 Å².